The van der Waals surface area contributed by atoms with Crippen molar-refractivity contribution in [1.29, 1.82) is 0 Å². The molecule has 282 valence electrons. The number of aromatic hydroxyl groups is 2. The maximum absolute atomic E-state index is 12.1. The van der Waals surface area contributed by atoms with Crippen LogP contribution in [0.25, 0.3) is 54.7 Å². The van der Waals surface area contributed by atoms with E-state index in [0.29, 0.717) is 35.0 Å². The third-order valence-electron chi connectivity index (χ3n) is 10.8. The highest BCUT2D eigenvalue weighted by atomic mass is 16.5. The van der Waals surface area contributed by atoms with E-state index in [0.717, 1.165) is 92.0 Å². The lowest BCUT2D eigenvalue weighted by Gasteiger charge is -2.15. The van der Waals surface area contributed by atoms with Gasteiger partial charge in [-0.05, 0) is 141 Å². The van der Waals surface area contributed by atoms with E-state index in [9.17, 15) is 10.2 Å². The zero-order chi connectivity index (χ0) is 38.8. The fourth-order valence-electron chi connectivity index (χ4n) is 7.87. The summed E-state index contributed by atoms with van der Waals surface area (Å²) in [6.07, 6.45) is 14.6. The number of benzene rings is 4. The van der Waals surface area contributed by atoms with Crippen LogP contribution in [0.1, 0.15) is 89.5 Å². The summed E-state index contributed by atoms with van der Waals surface area (Å²) < 4.78 is 11.7. The molecule has 0 amide bonds. The number of hydrogen-bond donors (Lipinski definition) is 4. The molecule has 0 aliphatic rings. The zero-order valence-electron chi connectivity index (χ0n) is 33.7. The Labute approximate surface area is 319 Å². The molecule has 6 heteroatoms. The van der Waals surface area contributed by atoms with Crippen LogP contribution in [-0.4, -0.2) is 34.4 Å². The number of H-pyrrole nitrogens is 2. The smallest absolute Gasteiger partial charge is 0.147 e. The van der Waals surface area contributed by atoms with Gasteiger partial charge >= 0.3 is 0 Å². The Morgan fingerprint density at radius 1 is 0.556 bits per heavy atom. The van der Waals surface area contributed by atoms with Gasteiger partial charge in [0.15, 0.2) is 0 Å². The number of nitrogens with one attached hydrogen (secondary N) is 2. The highest BCUT2D eigenvalue weighted by molar-refractivity contribution is 6.16. The Hall–Kier alpha value is -5.36. The molecule has 0 aliphatic heterocycles. The van der Waals surface area contributed by atoms with Crippen LogP contribution in [0.3, 0.4) is 0 Å². The number of aromatic nitrogens is 2. The van der Waals surface area contributed by atoms with Crippen molar-refractivity contribution in [2.45, 2.75) is 93.9 Å². The summed E-state index contributed by atoms with van der Waals surface area (Å²) in [6.45, 7) is 16.9. The van der Waals surface area contributed by atoms with Crippen LogP contribution in [0.5, 0.6) is 23.0 Å². The van der Waals surface area contributed by atoms with Crippen LogP contribution >= 0.6 is 0 Å². The maximum atomic E-state index is 12.1. The topological polar surface area (TPSA) is 90.5 Å². The number of allylic oxidation sites excluding steroid dienone is 8. The highest BCUT2D eigenvalue weighted by Gasteiger charge is 2.25. The highest BCUT2D eigenvalue weighted by Crippen LogP contribution is 2.49. The molecule has 0 spiro atoms. The molecule has 0 fully saturated rings. The SMILES string of the molecule is COc1ccc2c([nH]c3c(O)c(-c4c(C)cc5c([nH]c6c(C/C=C(\C)CCC=C(C)C)c(OC)ccc65)c4O)c(C)cc32)c1C/C=C(\C)CCC=C(C)C. The normalized spacial score (nSPS) is 12.3. The van der Waals surface area contributed by atoms with Crippen molar-refractivity contribution in [2.24, 2.45) is 0 Å². The number of methoxy groups -OCH3 is 2. The Bertz CT molecular complexity index is 2330. The number of phenolic OH excluding ortho intramolecular Hbond substituents is 2. The van der Waals surface area contributed by atoms with Gasteiger partial charge < -0.3 is 29.7 Å². The predicted molar refractivity (Wildman–Crippen MR) is 229 cm³/mol. The second-order valence-electron chi connectivity index (χ2n) is 15.4. The van der Waals surface area contributed by atoms with Crippen molar-refractivity contribution in [3.05, 3.63) is 105 Å². The number of rotatable bonds is 13. The summed E-state index contributed by atoms with van der Waals surface area (Å²) in [4.78, 5) is 7.17. The minimum absolute atomic E-state index is 0.115. The standard InChI is InChI=1S/C48H56N2O4/c1-27(2)13-11-15-29(5)17-19-35-39(53-9)23-21-33-37-25-31(7)41(47(51)45(37)49-43(33)35)42-32(8)26-38-34-22-24-40(54-10)36(44(34)50-46(38)48(42)52)20-18-30(6)16-12-14-28(3)4/h13-14,17-18,21-26,49-52H,11-12,15-16,19-20H2,1-10H3/b29-17+,30-18+. The predicted octanol–water partition coefficient (Wildman–Crippen LogP) is 13.1. The fraction of sp³-hybridized carbons (Fsp3) is 0.333. The molecule has 0 saturated heterocycles. The second kappa shape index (κ2) is 15.9. The lowest BCUT2D eigenvalue weighted by molar-refractivity contribution is 0.411. The lowest BCUT2D eigenvalue weighted by Crippen LogP contribution is -1.93. The first-order valence-corrected chi connectivity index (χ1v) is 19.1. The van der Waals surface area contributed by atoms with E-state index in [2.05, 4.69) is 100 Å². The van der Waals surface area contributed by atoms with Gasteiger partial charge in [-0.3, -0.25) is 0 Å². The quantitative estimate of drug-likeness (QED) is 0.0893. The van der Waals surface area contributed by atoms with Gasteiger partial charge in [0.2, 0.25) is 0 Å². The zero-order valence-corrected chi connectivity index (χ0v) is 33.7. The first kappa shape index (κ1) is 38.4. The van der Waals surface area contributed by atoms with E-state index in [1.165, 1.54) is 22.3 Å². The molecule has 6 aromatic rings. The minimum Gasteiger partial charge on any atom is -0.505 e. The van der Waals surface area contributed by atoms with Crippen LogP contribution < -0.4 is 9.47 Å². The Morgan fingerprint density at radius 3 is 1.30 bits per heavy atom. The van der Waals surface area contributed by atoms with Gasteiger partial charge in [0.25, 0.3) is 0 Å². The third kappa shape index (κ3) is 7.39. The largest absolute Gasteiger partial charge is 0.505 e. The molecule has 4 aromatic carbocycles. The molecule has 0 aliphatic carbocycles. The summed E-state index contributed by atoms with van der Waals surface area (Å²) in [5, 5.41) is 28.2. The summed E-state index contributed by atoms with van der Waals surface area (Å²) in [5.41, 5.74) is 13.6. The summed E-state index contributed by atoms with van der Waals surface area (Å²) in [7, 11) is 3.40. The number of aromatic amines is 2. The molecule has 4 N–H and O–H groups in total. The molecule has 0 unspecified atom stereocenters. The van der Waals surface area contributed by atoms with Crippen molar-refractivity contribution in [1.82, 2.24) is 9.97 Å². The number of phenols is 2. The number of aryl methyl sites for hydroxylation is 2. The summed E-state index contributed by atoms with van der Waals surface area (Å²) >= 11 is 0. The van der Waals surface area contributed by atoms with Crippen molar-refractivity contribution >= 4 is 43.6 Å². The first-order chi connectivity index (χ1) is 25.8. The van der Waals surface area contributed by atoms with Crippen LogP contribution in [0.2, 0.25) is 0 Å². The molecule has 54 heavy (non-hydrogen) atoms. The molecule has 0 radical (unpaired) electrons. The number of fused-ring (bicyclic) bond motifs is 6. The molecule has 6 nitrogen and oxygen atoms in total. The van der Waals surface area contributed by atoms with Crippen LogP contribution in [0.4, 0.5) is 0 Å². The maximum Gasteiger partial charge on any atom is 0.147 e. The van der Waals surface area contributed by atoms with E-state index >= 15 is 0 Å². The van der Waals surface area contributed by atoms with E-state index in [1.807, 2.05) is 26.0 Å². The van der Waals surface area contributed by atoms with Gasteiger partial charge in [0.1, 0.15) is 23.0 Å². The molecule has 0 bridgehead atoms. The average molecular weight is 725 g/mol. The Kier molecular flexibility index (Phi) is 11.3. The van der Waals surface area contributed by atoms with Crippen molar-refractivity contribution < 1.29 is 19.7 Å². The van der Waals surface area contributed by atoms with Gasteiger partial charge in [0, 0.05) is 43.8 Å². The third-order valence-corrected chi connectivity index (χ3v) is 10.8. The number of hydrogen-bond acceptors (Lipinski definition) is 4. The van der Waals surface area contributed by atoms with Gasteiger partial charge in [-0.15, -0.1) is 0 Å². The second-order valence-corrected chi connectivity index (χ2v) is 15.4. The molecular formula is C48H56N2O4. The Morgan fingerprint density at radius 2 is 0.944 bits per heavy atom. The van der Waals surface area contributed by atoms with E-state index in [1.54, 1.807) is 14.2 Å². The van der Waals surface area contributed by atoms with Crippen molar-refractivity contribution in [2.75, 3.05) is 14.2 Å². The summed E-state index contributed by atoms with van der Waals surface area (Å²) in [5.74, 6) is 1.85. The monoisotopic (exact) mass is 724 g/mol. The molecule has 2 heterocycles. The molecule has 6 rings (SSSR count). The van der Waals surface area contributed by atoms with Crippen molar-refractivity contribution in [3.63, 3.8) is 0 Å². The van der Waals surface area contributed by atoms with E-state index in [4.69, 9.17) is 9.47 Å². The average Bonchev–Trinajstić information content (AvgIpc) is 3.69. The Balaban J connectivity index is 1.46. The summed E-state index contributed by atoms with van der Waals surface area (Å²) in [6, 6.07) is 12.4. The molecular weight excluding hydrogens is 669 g/mol. The number of ether oxygens (including phenoxy) is 2. The van der Waals surface area contributed by atoms with Gasteiger partial charge in [-0.1, -0.05) is 46.6 Å². The van der Waals surface area contributed by atoms with Crippen LogP contribution in [-0.2, 0) is 12.8 Å². The molecule has 2 aromatic heterocycles. The van der Waals surface area contributed by atoms with Gasteiger partial charge in [-0.2, -0.15) is 0 Å². The van der Waals surface area contributed by atoms with Crippen molar-refractivity contribution in [3.8, 4) is 34.1 Å². The first-order valence-electron chi connectivity index (χ1n) is 19.1. The van der Waals surface area contributed by atoms with Gasteiger partial charge in [0.05, 0.1) is 36.3 Å². The molecule has 0 saturated carbocycles. The van der Waals surface area contributed by atoms with E-state index in [-0.39, 0.29) is 11.5 Å². The lowest BCUT2D eigenvalue weighted by atomic mass is 9.91. The molecule has 0 atom stereocenters. The minimum atomic E-state index is 0.115. The van der Waals surface area contributed by atoms with Gasteiger partial charge in [-0.25, -0.2) is 0 Å². The van der Waals surface area contributed by atoms with Crippen LogP contribution in [0, 0.1) is 13.8 Å². The van der Waals surface area contributed by atoms with E-state index < -0.39 is 0 Å². The fourth-order valence-corrected chi connectivity index (χ4v) is 7.87. The van der Waals surface area contributed by atoms with Crippen LogP contribution in [0.15, 0.2) is 83.0 Å².